The fraction of sp³-hybridized carbons (Fsp3) is 0.385. The van der Waals surface area contributed by atoms with E-state index < -0.39 is 0 Å². The minimum atomic E-state index is 0.630. The average Bonchev–Trinajstić information content (AvgIpc) is 2.78. The first-order valence-corrected chi connectivity index (χ1v) is 6.41. The normalized spacial score (nSPS) is 11.1. The summed E-state index contributed by atoms with van der Waals surface area (Å²) in [4.78, 5) is 0. The lowest BCUT2D eigenvalue weighted by molar-refractivity contribution is 0.542. The molecule has 0 amide bonds. The molecule has 0 unspecified atom stereocenters. The number of nitrogens with zero attached hydrogens (tertiary/aromatic N) is 3. The summed E-state index contributed by atoms with van der Waals surface area (Å²) < 4.78 is 1.82. The lowest BCUT2D eigenvalue weighted by Crippen LogP contribution is -2.20. The van der Waals surface area contributed by atoms with Gasteiger partial charge in [0.15, 0.2) is 0 Å². The zero-order valence-electron chi connectivity index (χ0n) is 10.6. The van der Waals surface area contributed by atoms with Crippen molar-refractivity contribution in [1.29, 1.82) is 0 Å². The van der Waals surface area contributed by atoms with Crippen LogP contribution in [0.3, 0.4) is 0 Å². The van der Waals surface area contributed by atoms with Crippen molar-refractivity contribution in [2.45, 2.75) is 20.4 Å². The monoisotopic (exact) mass is 264 g/mol. The van der Waals surface area contributed by atoms with Crippen molar-refractivity contribution in [2.24, 2.45) is 5.92 Å². The van der Waals surface area contributed by atoms with Gasteiger partial charge in [0.25, 0.3) is 0 Å². The van der Waals surface area contributed by atoms with E-state index in [0.717, 1.165) is 29.5 Å². The molecule has 2 rings (SSSR count). The summed E-state index contributed by atoms with van der Waals surface area (Å²) in [7, 11) is 0. The maximum atomic E-state index is 5.87. The number of benzene rings is 1. The van der Waals surface area contributed by atoms with Crippen LogP contribution in [0.4, 0.5) is 0 Å². The zero-order chi connectivity index (χ0) is 13.0. The number of hydrogen-bond acceptors (Lipinski definition) is 3. The highest BCUT2D eigenvalue weighted by atomic mass is 35.5. The highest BCUT2D eigenvalue weighted by Crippen LogP contribution is 2.14. The van der Waals surface area contributed by atoms with Crippen LogP contribution in [0.1, 0.15) is 19.5 Å². The van der Waals surface area contributed by atoms with Crippen LogP contribution in [0, 0.1) is 5.92 Å². The summed E-state index contributed by atoms with van der Waals surface area (Å²) in [5, 5.41) is 12.2. The third kappa shape index (κ3) is 3.31. The second kappa shape index (κ2) is 5.98. The molecule has 1 heterocycles. The Morgan fingerprint density at radius 3 is 2.67 bits per heavy atom. The van der Waals surface area contributed by atoms with Crippen LogP contribution in [0.2, 0.25) is 5.02 Å². The first kappa shape index (κ1) is 13.1. The zero-order valence-corrected chi connectivity index (χ0v) is 11.4. The molecule has 0 aliphatic rings. The van der Waals surface area contributed by atoms with E-state index in [4.69, 9.17) is 11.6 Å². The van der Waals surface area contributed by atoms with Crippen LogP contribution in [0.5, 0.6) is 0 Å². The third-order valence-corrected chi connectivity index (χ3v) is 2.80. The van der Waals surface area contributed by atoms with Crippen LogP contribution in [0.15, 0.2) is 30.5 Å². The van der Waals surface area contributed by atoms with E-state index in [0.29, 0.717) is 5.92 Å². The highest BCUT2D eigenvalue weighted by Gasteiger charge is 2.06. The Kier molecular flexibility index (Phi) is 4.33. The summed E-state index contributed by atoms with van der Waals surface area (Å²) in [6.07, 6.45) is 1.78. The molecule has 0 aliphatic carbocycles. The maximum Gasteiger partial charge on any atom is 0.0783 e. The SMILES string of the molecule is CC(C)CNCc1cnnn1-c1ccc(Cl)cc1. The van der Waals surface area contributed by atoms with Gasteiger partial charge in [-0.2, -0.15) is 0 Å². The Morgan fingerprint density at radius 1 is 1.28 bits per heavy atom. The van der Waals surface area contributed by atoms with Crippen molar-refractivity contribution in [1.82, 2.24) is 20.3 Å². The molecule has 96 valence electrons. The van der Waals surface area contributed by atoms with Crippen molar-refractivity contribution in [3.63, 3.8) is 0 Å². The molecule has 0 fully saturated rings. The Hall–Kier alpha value is -1.39. The van der Waals surface area contributed by atoms with Crippen LogP contribution < -0.4 is 5.32 Å². The average molecular weight is 265 g/mol. The molecule has 18 heavy (non-hydrogen) atoms. The highest BCUT2D eigenvalue weighted by molar-refractivity contribution is 6.30. The second-order valence-corrected chi connectivity index (χ2v) is 5.07. The van der Waals surface area contributed by atoms with Gasteiger partial charge in [-0.15, -0.1) is 5.10 Å². The largest absolute Gasteiger partial charge is 0.311 e. The van der Waals surface area contributed by atoms with E-state index in [1.807, 2.05) is 28.9 Å². The molecule has 0 atom stereocenters. The third-order valence-electron chi connectivity index (χ3n) is 2.55. The van der Waals surface area contributed by atoms with Crippen molar-refractivity contribution in [3.05, 3.63) is 41.2 Å². The van der Waals surface area contributed by atoms with Crippen molar-refractivity contribution >= 4 is 11.6 Å². The Labute approximate surface area is 112 Å². The number of rotatable bonds is 5. The molecule has 0 radical (unpaired) electrons. The molecule has 4 nitrogen and oxygen atoms in total. The van der Waals surface area contributed by atoms with Crippen LogP contribution in [0.25, 0.3) is 5.69 Å². The quantitative estimate of drug-likeness (QED) is 0.903. The van der Waals surface area contributed by atoms with Gasteiger partial charge in [-0.1, -0.05) is 30.7 Å². The molecule has 1 aromatic carbocycles. The Bertz CT molecular complexity index is 490. The summed E-state index contributed by atoms with van der Waals surface area (Å²) >= 11 is 5.87. The van der Waals surface area contributed by atoms with E-state index >= 15 is 0 Å². The van der Waals surface area contributed by atoms with E-state index in [-0.39, 0.29) is 0 Å². The first-order valence-electron chi connectivity index (χ1n) is 6.03. The molecule has 5 heteroatoms. The van der Waals surface area contributed by atoms with Crippen molar-refractivity contribution < 1.29 is 0 Å². The minimum Gasteiger partial charge on any atom is -0.311 e. The second-order valence-electron chi connectivity index (χ2n) is 4.64. The van der Waals surface area contributed by atoms with E-state index in [2.05, 4.69) is 29.5 Å². The molecule has 1 aromatic heterocycles. The summed E-state index contributed by atoms with van der Waals surface area (Å²) in [6, 6.07) is 7.57. The van der Waals surface area contributed by atoms with Gasteiger partial charge in [0.1, 0.15) is 0 Å². The van der Waals surface area contributed by atoms with Crippen LogP contribution in [-0.4, -0.2) is 21.5 Å². The lowest BCUT2D eigenvalue weighted by Gasteiger charge is -2.09. The molecule has 2 aromatic rings. The Balaban J connectivity index is 2.10. The lowest BCUT2D eigenvalue weighted by atomic mass is 10.2. The predicted molar refractivity (Wildman–Crippen MR) is 72.9 cm³/mol. The number of hydrogen-bond donors (Lipinski definition) is 1. The summed E-state index contributed by atoms with van der Waals surface area (Å²) in [6.45, 7) is 6.10. The molecule has 0 bridgehead atoms. The van der Waals surface area contributed by atoms with Gasteiger partial charge in [-0.3, -0.25) is 0 Å². The van der Waals surface area contributed by atoms with Gasteiger partial charge in [-0.05, 0) is 36.7 Å². The molecule has 0 saturated carbocycles. The molecular formula is C13H17ClN4. The fourth-order valence-electron chi connectivity index (χ4n) is 1.67. The summed E-state index contributed by atoms with van der Waals surface area (Å²) in [5.41, 5.74) is 2.01. The number of halogens is 1. The molecule has 0 spiro atoms. The van der Waals surface area contributed by atoms with Gasteiger partial charge in [0.05, 0.1) is 17.6 Å². The van der Waals surface area contributed by atoms with E-state index in [9.17, 15) is 0 Å². The summed E-state index contributed by atoms with van der Waals surface area (Å²) in [5.74, 6) is 0.630. The van der Waals surface area contributed by atoms with Gasteiger partial charge >= 0.3 is 0 Å². The smallest absolute Gasteiger partial charge is 0.0783 e. The minimum absolute atomic E-state index is 0.630. The molecule has 0 aliphatic heterocycles. The van der Waals surface area contributed by atoms with Gasteiger partial charge < -0.3 is 5.32 Å². The molecule has 1 N–H and O–H groups in total. The topological polar surface area (TPSA) is 42.7 Å². The standard InChI is InChI=1S/C13H17ClN4/c1-10(2)7-15-8-13-9-16-17-18(13)12-5-3-11(14)4-6-12/h3-6,9-10,15H,7-8H2,1-2H3. The first-order chi connectivity index (χ1) is 8.66. The van der Waals surface area contributed by atoms with E-state index in [1.165, 1.54) is 0 Å². The fourth-order valence-corrected chi connectivity index (χ4v) is 1.79. The Morgan fingerprint density at radius 2 is 2.00 bits per heavy atom. The number of nitrogens with one attached hydrogen (secondary N) is 1. The number of aromatic nitrogens is 3. The van der Waals surface area contributed by atoms with Gasteiger partial charge in [0.2, 0.25) is 0 Å². The molecular weight excluding hydrogens is 248 g/mol. The van der Waals surface area contributed by atoms with E-state index in [1.54, 1.807) is 6.20 Å². The maximum absolute atomic E-state index is 5.87. The molecule has 0 saturated heterocycles. The van der Waals surface area contributed by atoms with Gasteiger partial charge in [0, 0.05) is 11.6 Å². The van der Waals surface area contributed by atoms with Crippen molar-refractivity contribution in [2.75, 3.05) is 6.54 Å². The predicted octanol–water partition coefficient (Wildman–Crippen LogP) is 2.67. The van der Waals surface area contributed by atoms with Crippen molar-refractivity contribution in [3.8, 4) is 5.69 Å². The van der Waals surface area contributed by atoms with Crippen LogP contribution >= 0.6 is 11.6 Å². The van der Waals surface area contributed by atoms with Crippen LogP contribution in [-0.2, 0) is 6.54 Å². The van der Waals surface area contributed by atoms with Gasteiger partial charge in [-0.25, -0.2) is 4.68 Å².